The number of rotatable bonds is 12. The van der Waals surface area contributed by atoms with Crippen LogP contribution in [0.2, 0.25) is 0 Å². The Hall–Kier alpha value is 0.328. The van der Waals surface area contributed by atoms with Crippen LogP contribution in [0, 0.1) is 0 Å². The molecule has 0 aromatic rings. The second kappa shape index (κ2) is 39.8. The summed E-state index contributed by atoms with van der Waals surface area (Å²) in [7, 11) is 0. The third-order valence-corrected chi connectivity index (χ3v) is 14.0. The molecule has 0 aromatic heterocycles. The van der Waals surface area contributed by atoms with Gasteiger partial charge in [-0.05, 0) is 70.8 Å². The minimum absolute atomic E-state index is 0. The van der Waals surface area contributed by atoms with Gasteiger partial charge in [-0.3, -0.25) is 57.5 Å². The minimum atomic E-state index is -3.09. The summed E-state index contributed by atoms with van der Waals surface area (Å²) in [5.41, 5.74) is -18.5. The van der Waals surface area contributed by atoms with Crippen LogP contribution >= 0.6 is 34.2 Å². The van der Waals surface area contributed by atoms with E-state index in [-0.39, 0.29) is 21.1 Å². The molecule has 0 N–H and O–H groups in total. The topological polar surface area (TPSA) is 316 Å². The van der Waals surface area contributed by atoms with Gasteiger partial charge in [0.05, 0.1) is 0 Å². The van der Waals surface area contributed by atoms with Gasteiger partial charge >= 0.3 is 92.7 Å². The molecule has 0 rings (SSSR count). The Morgan fingerprint density at radius 3 is 0.299 bits per heavy atom. The first kappa shape index (κ1) is 81.4. The summed E-state index contributed by atoms with van der Waals surface area (Å²) in [6, 6.07) is 0. The Bertz CT molecular complexity index is 1620. The predicted octanol–water partition coefficient (Wildman–Crippen LogP) is 5.30. The largest absolute Gasteiger partial charge is 6.00 e. The van der Waals surface area contributed by atoms with E-state index >= 15 is 0 Å². The van der Waals surface area contributed by atoms with Crippen LogP contribution in [-0.4, -0.2) is 71.6 Å². The number of hydrogen-bond donors (Lipinski definition) is 0. The van der Waals surface area contributed by atoms with Crippen molar-refractivity contribution in [1.29, 1.82) is 0 Å². The van der Waals surface area contributed by atoms with Crippen molar-refractivity contribution in [2.24, 2.45) is 0 Å². The summed E-state index contributed by atoms with van der Waals surface area (Å²) in [5.74, 6) is -7.62. The number of carbonyl (C=O) groups is 12. The Balaban J connectivity index is -0.000000129. The second-order valence-electron chi connectivity index (χ2n) is 9.68. The number of carbonyl (C=O) groups excluding carboxylic acids is 12. The van der Waals surface area contributed by atoms with Gasteiger partial charge in [0, 0.05) is 83.1 Å². The first-order valence-electron chi connectivity index (χ1n) is 15.3. The van der Waals surface area contributed by atoms with Crippen molar-refractivity contribution in [2.45, 2.75) is 83.1 Å². The molecule has 0 heterocycles. The molecule has 0 amide bonds. The number of hydrogen-bond acceptors (Lipinski definition) is 36. The molecule has 0 atom stereocenters. The van der Waals surface area contributed by atoms with Gasteiger partial charge in [0.15, 0.2) is 34.2 Å². The molecule has 0 fully saturated rings. The molecule has 0 aliphatic carbocycles. The van der Waals surface area contributed by atoms with E-state index in [0.29, 0.717) is 0 Å². The standard InChI is InChI=1S/6C4H7O4PS2.Mo/c6*1-3(5)7-9(10,11)8-4(2)6;/h6*1-2H3,(H,10,11);/q;;;;;;+6/p-6. The molecule has 0 unspecified atom stereocenters. The van der Waals surface area contributed by atoms with E-state index in [2.05, 4.69) is 199 Å². The SMILES string of the molecule is CC(=O)OP(=S)([S-])OC(C)=O.CC(=O)OP(=S)([S-])OC(C)=O.CC(=O)OP(=S)([S-])OC(C)=O.CC(=O)OP(=S)([S-])OC(C)=O.CC(=O)OP(=S)([S-])OC(C)=O.CC(=O)OP(=S)([S-])OC(C)=O.[Mo+6]. The van der Waals surface area contributed by atoms with Gasteiger partial charge in [-0.2, -0.15) is 0 Å². The molecule has 0 bridgehead atoms. The van der Waals surface area contributed by atoms with Gasteiger partial charge in [-0.15, -0.1) is 0 Å². The zero-order valence-electron chi connectivity index (χ0n) is 35.8. The average Bonchev–Trinajstić information content (AvgIpc) is 2.90. The van der Waals surface area contributed by atoms with E-state index in [4.69, 9.17) is 0 Å². The second-order valence-corrected chi connectivity index (χ2v) is 38.7. The molecule has 24 nitrogen and oxygen atoms in total. The third-order valence-electron chi connectivity index (χ3n) is 2.88. The summed E-state index contributed by atoms with van der Waals surface area (Å²) in [5, 5.41) is 0. The van der Waals surface area contributed by atoms with Crippen molar-refractivity contribution in [3.63, 3.8) is 0 Å². The summed E-state index contributed by atoms with van der Waals surface area (Å²) < 4.78 is 52.9. The van der Waals surface area contributed by atoms with Crippen LogP contribution < -0.4 is 0 Å². The fraction of sp³-hybridized carbons (Fsp3) is 0.500. The van der Waals surface area contributed by atoms with Crippen molar-refractivity contribution in [1.82, 2.24) is 0 Å². The van der Waals surface area contributed by atoms with Crippen LogP contribution in [0.3, 0.4) is 0 Å². The Morgan fingerprint density at radius 1 is 0.224 bits per heavy atom. The zero-order chi connectivity index (χ0) is 54.4. The van der Waals surface area contributed by atoms with Crippen molar-refractivity contribution in [3.05, 3.63) is 0 Å². The summed E-state index contributed by atoms with van der Waals surface area (Å²) in [4.78, 5) is 124. The van der Waals surface area contributed by atoms with Crippen LogP contribution in [0.15, 0.2) is 0 Å². The van der Waals surface area contributed by atoms with Crippen LogP contribution in [0.1, 0.15) is 83.1 Å². The van der Waals surface area contributed by atoms with Gasteiger partial charge in [-0.1, -0.05) is 0 Å². The normalized spacial score (nSPS) is 10.3. The van der Waals surface area contributed by atoms with E-state index in [1.165, 1.54) is 0 Å². The molecular formula is C24H36MoO24P6S12. The minimum Gasteiger partial charge on any atom is -0.665 e. The maximum absolute atomic E-state index is 10.3. The third kappa shape index (κ3) is 75.4. The van der Waals surface area contributed by atoms with E-state index in [1.54, 1.807) is 0 Å². The van der Waals surface area contributed by atoms with Crippen LogP contribution in [0.25, 0.3) is 0 Å². The molecular weight excluding hydrogens is 1340 g/mol. The Labute approximate surface area is 461 Å². The first-order valence-corrected chi connectivity index (χ1v) is 37.2. The van der Waals surface area contributed by atoms with E-state index in [0.717, 1.165) is 83.1 Å². The van der Waals surface area contributed by atoms with Crippen molar-refractivity contribution in [2.75, 3.05) is 0 Å². The summed E-state index contributed by atoms with van der Waals surface area (Å²) in [6.45, 7) is 13.8. The Kier molecular flexibility index (Phi) is 48.4. The quantitative estimate of drug-likeness (QED) is 0.136. The fourth-order valence-corrected chi connectivity index (χ4v) is 13.6. The van der Waals surface area contributed by atoms with Gasteiger partial charge in [0.2, 0.25) is 0 Å². The molecule has 0 spiro atoms. The maximum Gasteiger partial charge on any atom is 6.00 e. The van der Waals surface area contributed by atoms with Crippen LogP contribution in [0.4, 0.5) is 0 Å². The fourth-order valence-electron chi connectivity index (χ4n) is 2.00. The molecule has 0 aliphatic heterocycles. The van der Waals surface area contributed by atoms with Crippen molar-refractivity contribution >= 4 is 250 Å². The van der Waals surface area contributed by atoms with Gasteiger partial charge in [0.25, 0.3) is 0 Å². The van der Waals surface area contributed by atoms with Crippen LogP contribution in [0.5, 0.6) is 0 Å². The van der Waals surface area contributed by atoms with Gasteiger partial charge < -0.3 is 128 Å². The maximum atomic E-state index is 10.3. The molecule has 0 aliphatic rings. The average molecular weight is 1380 g/mol. The summed E-state index contributed by atoms with van der Waals surface area (Å²) >= 11 is 54.4. The van der Waals surface area contributed by atoms with Crippen molar-refractivity contribution < 1.29 is 133 Å². The molecule has 0 saturated heterocycles. The molecule has 0 saturated carbocycles. The molecule has 0 aromatic carbocycles. The monoisotopic (exact) mass is 1380 g/mol. The smallest absolute Gasteiger partial charge is 0.665 e. The molecule has 384 valence electrons. The van der Waals surface area contributed by atoms with E-state index in [1.807, 2.05) is 0 Å². The van der Waals surface area contributed by atoms with Crippen LogP contribution in [-0.2, 0) is 277 Å². The first-order chi connectivity index (χ1) is 29.0. The predicted molar refractivity (Wildman–Crippen MR) is 271 cm³/mol. The van der Waals surface area contributed by atoms with E-state index in [9.17, 15) is 57.5 Å². The molecule has 43 heteroatoms. The molecule has 0 radical (unpaired) electrons. The van der Waals surface area contributed by atoms with Gasteiger partial charge in [0.1, 0.15) is 0 Å². The van der Waals surface area contributed by atoms with E-state index < -0.39 is 106 Å². The van der Waals surface area contributed by atoms with Gasteiger partial charge in [-0.25, -0.2) is 0 Å². The molecule has 67 heavy (non-hydrogen) atoms. The summed E-state index contributed by atoms with van der Waals surface area (Å²) in [6.07, 6.45) is 0. The zero-order valence-corrected chi connectivity index (χ0v) is 53.0. The Morgan fingerprint density at radius 2 is 0.269 bits per heavy atom. The van der Waals surface area contributed by atoms with Crippen molar-refractivity contribution in [3.8, 4) is 0 Å².